The van der Waals surface area contributed by atoms with E-state index in [4.69, 9.17) is 5.73 Å². The highest BCUT2D eigenvalue weighted by molar-refractivity contribution is 8.00. The van der Waals surface area contributed by atoms with Crippen molar-refractivity contribution in [3.8, 4) is 0 Å². The Morgan fingerprint density at radius 2 is 2.17 bits per heavy atom. The van der Waals surface area contributed by atoms with Gasteiger partial charge in [-0.1, -0.05) is 18.2 Å². The SMILES string of the molecule is C=CC(C)Sc1ccccc1N. The van der Waals surface area contributed by atoms with Gasteiger partial charge in [0.1, 0.15) is 0 Å². The smallest absolute Gasteiger partial charge is 0.0452 e. The zero-order chi connectivity index (χ0) is 8.97. The van der Waals surface area contributed by atoms with Gasteiger partial charge < -0.3 is 5.73 Å². The van der Waals surface area contributed by atoms with Gasteiger partial charge in [-0.3, -0.25) is 0 Å². The summed E-state index contributed by atoms with van der Waals surface area (Å²) in [5.41, 5.74) is 6.61. The molecule has 0 saturated carbocycles. The summed E-state index contributed by atoms with van der Waals surface area (Å²) in [6.45, 7) is 5.83. The van der Waals surface area contributed by atoms with Crippen LogP contribution in [0.3, 0.4) is 0 Å². The van der Waals surface area contributed by atoms with Gasteiger partial charge >= 0.3 is 0 Å². The molecule has 0 spiro atoms. The van der Waals surface area contributed by atoms with Crippen molar-refractivity contribution in [1.29, 1.82) is 0 Å². The summed E-state index contributed by atoms with van der Waals surface area (Å²) in [6.07, 6.45) is 1.91. The van der Waals surface area contributed by atoms with Gasteiger partial charge in [0.2, 0.25) is 0 Å². The van der Waals surface area contributed by atoms with E-state index in [2.05, 4.69) is 13.5 Å². The fourth-order valence-electron chi connectivity index (χ4n) is 0.836. The number of anilines is 1. The number of nitrogens with two attached hydrogens (primary N) is 1. The average molecular weight is 179 g/mol. The van der Waals surface area contributed by atoms with Gasteiger partial charge in [0.05, 0.1) is 0 Å². The van der Waals surface area contributed by atoms with Crippen LogP contribution >= 0.6 is 11.8 Å². The van der Waals surface area contributed by atoms with Crippen molar-refractivity contribution < 1.29 is 0 Å². The third kappa shape index (κ3) is 2.31. The van der Waals surface area contributed by atoms with Crippen LogP contribution in [0.2, 0.25) is 0 Å². The van der Waals surface area contributed by atoms with E-state index in [1.807, 2.05) is 30.3 Å². The molecule has 0 heterocycles. The van der Waals surface area contributed by atoms with E-state index in [-0.39, 0.29) is 0 Å². The summed E-state index contributed by atoms with van der Waals surface area (Å²) in [5, 5.41) is 0.412. The largest absolute Gasteiger partial charge is 0.398 e. The zero-order valence-electron chi connectivity index (χ0n) is 7.16. The molecule has 0 amide bonds. The molecule has 0 aliphatic carbocycles. The average Bonchev–Trinajstić information content (AvgIpc) is 2.09. The molecule has 1 unspecified atom stereocenters. The van der Waals surface area contributed by atoms with Crippen molar-refractivity contribution in [1.82, 2.24) is 0 Å². The lowest BCUT2D eigenvalue weighted by atomic mass is 10.3. The normalized spacial score (nSPS) is 12.4. The van der Waals surface area contributed by atoms with Gasteiger partial charge in [0.15, 0.2) is 0 Å². The van der Waals surface area contributed by atoms with Crippen LogP contribution in [0.15, 0.2) is 41.8 Å². The Labute approximate surface area is 77.7 Å². The predicted molar refractivity (Wildman–Crippen MR) is 56.4 cm³/mol. The number of para-hydroxylation sites is 1. The Kier molecular flexibility index (Phi) is 3.23. The fraction of sp³-hybridized carbons (Fsp3) is 0.200. The molecular weight excluding hydrogens is 166 g/mol. The van der Waals surface area contributed by atoms with Crippen LogP contribution in [0.4, 0.5) is 5.69 Å². The molecule has 1 rings (SSSR count). The van der Waals surface area contributed by atoms with Crippen molar-refractivity contribution in [2.75, 3.05) is 5.73 Å². The number of benzene rings is 1. The minimum atomic E-state index is 0.412. The van der Waals surface area contributed by atoms with Gasteiger partial charge in [-0.25, -0.2) is 0 Å². The van der Waals surface area contributed by atoms with Crippen molar-refractivity contribution in [3.63, 3.8) is 0 Å². The maximum Gasteiger partial charge on any atom is 0.0452 e. The lowest BCUT2D eigenvalue weighted by Crippen LogP contribution is -1.92. The molecule has 0 radical (unpaired) electrons. The Morgan fingerprint density at radius 1 is 1.50 bits per heavy atom. The monoisotopic (exact) mass is 179 g/mol. The van der Waals surface area contributed by atoms with Crippen molar-refractivity contribution in [2.45, 2.75) is 17.1 Å². The van der Waals surface area contributed by atoms with Gasteiger partial charge in [-0.15, -0.1) is 18.3 Å². The summed E-state index contributed by atoms with van der Waals surface area (Å²) in [5.74, 6) is 0. The third-order valence-corrected chi connectivity index (χ3v) is 2.75. The van der Waals surface area contributed by atoms with E-state index >= 15 is 0 Å². The second-order valence-electron chi connectivity index (χ2n) is 2.60. The van der Waals surface area contributed by atoms with Crippen LogP contribution < -0.4 is 5.73 Å². The summed E-state index contributed by atoms with van der Waals surface area (Å²) < 4.78 is 0. The van der Waals surface area contributed by atoms with Crippen molar-refractivity contribution >= 4 is 17.4 Å². The molecule has 0 aliphatic heterocycles. The zero-order valence-corrected chi connectivity index (χ0v) is 7.97. The molecule has 0 fully saturated rings. The van der Waals surface area contributed by atoms with E-state index in [1.54, 1.807) is 11.8 Å². The van der Waals surface area contributed by atoms with Crippen LogP contribution in [0.5, 0.6) is 0 Å². The molecule has 1 nitrogen and oxygen atoms in total. The second-order valence-corrected chi connectivity index (χ2v) is 4.02. The first kappa shape index (κ1) is 9.20. The lowest BCUT2D eigenvalue weighted by molar-refractivity contribution is 1.24. The number of hydrogen-bond acceptors (Lipinski definition) is 2. The lowest BCUT2D eigenvalue weighted by Gasteiger charge is -2.07. The van der Waals surface area contributed by atoms with Crippen LogP contribution in [-0.2, 0) is 0 Å². The van der Waals surface area contributed by atoms with Crippen LogP contribution in [-0.4, -0.2) is 5.25 Å². The molecule has 0 saturated heterocycles. The van der Waals surface area contributed by atoms with E-state index in [9.17, 15) is 0 Å². The Bertz CT molecular complexity index is 270. The summed E-state index contributed by atoms with van der Waals surface area (Å²) in [4.78, 5) is 1.13. The Morgan fingerprint density at radius 3 is 2.75 bits per heavy atom. The first-order valence-corrected chi connectivity index (χ1v) is 4.75. The first-order valence-electron chi connectivity index (χ1n) is 3.87. The topological polar surface area (TPSA) is 26.0 Å². The molecule has 1 aromatic carbocycles. The quantitative estimate of drug-likeness (QED) is 0.438. The van der Waals surface area contributed by atoms with Crippen molar-refractivity contribution in [3.05, 3.63) is 36.9 Å². The van der Waals surface area contributed by atoms with Crippen LogP contribution in [0.25, 0.3) is 0 Å². The molecule has 0 aliphatic rings. The summed E-state index contributed by atoms with van der Waals surface area (Å²) in [6, 6.07) is 7.88. The second kappa shape index (κ2) is 4.21. The highest BCUT2D eigenvalue weighted by Gasteiger charge is 2.01. The van der Waals surface area contributed by atoms with Gasteiger partial charge in [-0.2, -0.15) is 0 Å². The molecule has 0 aromatic heterocycles. The van der Waals surface area contributed by atoms with E-state index in [1.165, 1.54) is 0 Å². The standard InChI is InChI=1S/C10H13NS/c1-3-8(2)12-10-7-5-4-6-9(10)11/h3-8H,1,11H2,2H3. The molecule has 0 bridgehead atoms. The maximum absolute atomic E-state index is 5.77. The molecule has 1 atom stereocenters. The van der Waals surface area contributed by atoms with Gasteiger partial charge in [-0.05, 0) is 19.1 Å². The van der Waals surface area contributed by atoms with E-state index in [0.29, 0.717) is 5.25 Å². The Balaban J connectivity index is 2.75. The number of hydrogen-bond donors (Lipinski definition) is 1. The highest BCUT2D eigenvalue weighted by Crippen LogP contribution is 2.28. The molecule has 1 aromatic rings. The third-order valence-electron chi connectivity index (χ3n) is 1.56. The fourth-order valence-corrected chi connectivity index (χ4v) is 1.69. The van der Waals surface area contributed by atoms with Crippen LogP contribution in [0, 0.1) is 0 Å². The van der Waals surface area contributed by atoms with Gasteiger partial charge in [0.25, 0.3) is 0 Å². The maximum atomic E-state index is 5.77. The highest BCUT2D eigenvalue weighted by atomic mass is 32.2. The van der Waals surface area contributed by atoms with Gasteiger partial charge in [0, 0.05) is 15.8 Å². The molecule has 64 valence electrons. The predicted octanol–water partition coefficient (Wildman–Crippen LogP) is 2.94. The van der Waals surface area contributed by atoms with Crippen LogP contribution in [0.1, 0.15) is 6.92 Å². The number of nitrogen functional groups attached to an aromatic ring is 1. The van der Waals surface area contributed by atoms with E-state index < -0.39 is 0 Å². The molecule has 12 heavy (non-hydrogen) atoms. The van der Waals surface area contributed by atoms with Crippen molar-refractivity contribution in [2.24, 2.45) is 0 Å². The number of rotatable bonds is 3. The molecular formula is C10H13NS. The molecule has 2 heteroatoms. The first-order chi connectivity index (χ1) is 5.74. The summed E-state index contributed by atoms with van der Waals surface area (Å²) in [7, 11) is 0. The minimum absolute atomic E-state index is 0.412. The Hall–Kier alpha value is -0.890. The minimum Gasteiger partial charge on any atom is -0.398 e. The van der Waals surface area contributed by atoms with E-state index in [0.717, 1.165) is 10.6 Å². The molecule has 2 N–H and O–H groups in total. The number of thioether (sulfide) groups is 1. The summed E-state index contributed by atoms with van der Waals surface area (Å²) >= 11 is 1.73.